The number of allylic oxidation sites excluding steroid dienone is 2. The van der Waals surface area contributed by atoms with E-state index >= 15 is 0 Å². The van der Waals surface area contributed by atoms with Gasteiger partial charge in [-0.3, -0.25) is 9.69 Å². The smallest absolute Gasteiger partial charge is 0.414 e. The highest BCUT2D eigenvalue weighted by Crippen LogP contribution is 2.20. The molecule has 2 aliphatic rings. The normalized spacial score (nSPS) is 19.5. The summed E-state index contributed by atoms with van der Waals surface area (Å²) in [5.41, 5.74) is 0.693. The van der Waals surface area contributed by atoms with Crippen molar-refractivity contribution in [1.82, 2.24) is 9.80 Å². The molecule has 3 rings (SSSR count). The van der Waals surface area contributed by atoms with Crippen molar-refractivity contribution < 1.29 is 24.6 Å². The van der Waals surface area contributed by atoms with E-state index in [0.717, 1.165) is 32.1 Å². The summed E-state index contributed by atoms with van der Waals surface area (Å²) >= 11 is 5.97. The molecule has 1 heterocycles. The van der Waals surface area contributed by atoms with Gasteiger partial charge in [0, 0.05) is 43.3 Å². The van der Waals surface area contributed by atoms with Crippen LogP contribution in [0.15, 0.2) is 36.4 Å². The molecule has 1 saturated heterocycles. The van der Waals surface area contributed by atoms with E-state index in [9.17, 15) is 4.79 Å². The van der Waals surface area contributed by atoms with Gasteiger partial charge in [-0.1, -0.05) is 29.8 Å². The lowest BCUT2D eigenvalue weighted by Gasteiger charge is -2.36. The molecule has 0 aromatic heterocycles. The number of hydrogen-bond acceptors (Lipinski definition) is 4. The summed E-state index contributed by atoms with van der Waals surface area (Å²) in [5.74, 6) is -2.76. The van der Waals surface area contributed by atoms with Crippen molar-refractivity contribution in [1.29, 1.82) is 0 Å². The van der Waals surface area contributed by atoms with Crippen LogP contribution in [0.5, 0.6) is 0 Å². The number of carbonyl (C=O) groups is 3. The van der Waals surface area contributed by atoms with Crippen LogP contribution in [0.1, 0.15) is 29.6 Å². The van der Waals surface area contributed by atoms with E-state index in [1.165, 1.54) is 25.8 Å². The monoisotopic (exact) mass is 408 g/mol. The van der Waals surface area contributed by atoms with Crippen molar-refractivity contribution in [3.63, 3.8) is 0 Å². The first kappa shape index (κ1) is 21.9. The Morgan fingerprint density at radius 2 is 1.71 bits per heavy atom. The second-order valence-corrected chi connectivity index (χ2v) is 7.30. The zero-order valence-electron chi connectivity index (χ0n) is 15.6. The minimum absolute atomic E-state index is 0.0998. The van der Waals surface area contributed by atoms with Crippen molar-refractivity contribution in [2.45, 2.75) is 19.3 Å². The molecular formula is C20H25ClN2O5. The van der Waals surface area contributed by atoms with Crippen LogP contribution in [0.2, 0.25) is 5.02 Å². The fourth-order valence-corrected chi connectivity index (χ4v) is 3.52. The van der Waals surface area contributed by atoms with Gasteiger partial charge >= 0.3 is 11.9 Å². The molecule has 0 radical (unpaired) electrons. The summed E-state index contributed by atoms with van der Waals surface area (Å²) < 4.78 is 0. The maximum Gasteiger partial charge on any atom is 0.414 e. The first-order valence-electron chi connectivity index (χ1n) is 9.25. The van der Waals surface area contributed by atoms with Crippen molar-refractivity contribution in [2.75, 3.05) is 32.7 Å². The number of carboxylic acid groups (broad SMARTS) is 2. The molecule has 1 atom stereocenters. The van der Waals surface area contributed by atoms with Gasteiger partial charge in [-0.2, -0.15) is 0 Å². The zero-order chi connectivity index (χ0) is 20.5. The first-order valence-corrected chi connectivity index (χ1v) is 9.63. The fraction of sp³-hybridized carbons (Fsp3) is 0.450. The number of hydrogen-bond donors (Lipinski definition) is 2. The number of piperazine rings is 1. The molecule has 1 unspecified atom stereocenters. The third-order valence-corrected chi connectivity index (χ3v) is 5.04. The average molecular weight is 409 g/mol. The molecule has 0 saturated carbocycles. The standard InChI is InChI=1S/C18H23ClN2O.C2H2O4/c19-17-8-4-7-16(13-17)18(22)21-11-9-20(10-12-21)14-15-5-2-1-3-6-15;3-1(4)2(5)6/h1-2,4,7-8,13,15H,3,5-6,9-12,14H2;(H,3,4)(H,5,6). The molecule has 1 aromatic rings. The molecule has 1 aromatic carbocycles. The van der Waals surface area contributed by atoms with Crippen LogP contribution in [0.25, 0.3) is 0 Å². The number of benzene rings is 1. The van der Waals surface area contributed by atoms with Crippen LogP contribution < -0.4 is 0 Å². The van der Waals surface area contributed by atoms with Crippen LogP contribution in [-0.4, -0.2) is 70.6 Å². The lowest BCUT2D eigenvalue weighted by molar-refractivity contribution is -0.159. The molecule has 8 heteroatoms. The van der Waals surface area contributed by atoms with Crippen molar-refractivity contribution in [3.8, 4) is 0 Å². The molecule has 28 heavy (non-hydrogen) atoms. The SMILES string of the molecule is O=C(O)C(=O)O.O=C(c1cccc(Cl)c1)N1CCN(CC2CC=CCC2)CC1. The Hall–Kier alpha value is -2.38. The van der Waals surface area contributed by atoms with E-state index in [0.29, 0.717) is 10.6 Å². The van der Waals surface area contributed by atoms with Gasteiger partial charge in [0.2, 0.25) is 0 Å². The summed E-state index contributed by atoms with van der Waals surface area (Å²) in [5, 5.41) is 15.4. The maximum absolute atomic E-state index is 12.5. The van der Waals surface area contributed by atoms with Crippen molar-refractivity contribution in [3.05, 3.63) is 47.0 Å². The number of amides is 1. The number of halogens is 1. The predicted molar refractivity (Wildman–Crippen MR) is 106 cm³/mol. The van der Waals surface area contributed by atoms with E-state index in [4.69, 9.17) is 31.4 Å². The van der Waals surface area contributed by atoms with Gasteiger partial charge in [0.05, 0.1) is 0 Å². The lowest BCUT2D eigenvalue weighted by atomic mass is 9.94. The maximum atomic E-state index is 12.5. The Morgan fingerprint density at radius 1 is 1.04 bits per heavy atom. The van der Waals surface area contributed by atoms with Crippen LogP contribution in [0.4, 0.5) is 0 Å². The van der Waals surface area contributed by atoms with Crippen LogP contribution in [0, 0.1) is 5.92 Å². The van der Waals surface area contributed by atoms with E-state index in [-0.39, 0.29) is 5.91 Å². The number of nitrogens with zero attached hydrogens (tertiary/aromatic N) is 2. The van der Waals surface area contributed by atoms with E-state index in [2.05, 4.69) is 17.1 Å². The van der Waals surface area contributed by atoms with Gasteiger partial charge in [0.15, 0.2) is 0 Å². The van der Waals surface area contributed by atoms with Gasteiger partial charge in [-0.25, -0.2) is 9.59 Å². The number of carbonyl (C=O) groups excluding carboxylic acids is 1. The Kier molecular flexibility index (Phi) is 8.47. The number of rotatable bonds is 3. The molecular weight excluding hydrogens is 384 g/mol. The summed E-state index contributed by atoms with van der Waals surface area (Å²) in [4.78, 5) is 35.1. The summed E-state index contributed by atoms with van der Waals surface area (Å²) in [6, 6.07) is 7.23. The van der Waals surface area contributed by atoms with Gasteiger partial charge in [-0.15, -0.1) is 0 Å². The molecule has 0 spiro atoms. The number of carboxylic acids is 2. The Bertz CT molecular complexity index is 717. The Labute approximate surface area is 169 Å². The quantitative estimate of drug-likeness (QED) is 0.589. The second-order valence-electron chi connectivity index (χ2n) is 6.86. The van der Waals surface area contributed by atoms with E-state index in [1.54, 1.807) is 12.1 Å². The van der Waals surface area contributed by atoms with Gasteiger partial charge in [0.1, 0.15) is 0 Å². The molecule has 7 nitrogen and oxygen atoms in total. The highest BCUT2D eigenvalue weighted by atomic mass is 35.5. The topological polar surface area (TPSA) is 98.1 Å². The third-order valence-electron chi connectivity index (χ3n) is 4.81. The van der Waals surface area contributed by atoms with E-state index < -0.39 is 11.9 Å². The van der Waals surface area contributed by atoms with Crippen LogP contribution in [-0.2, 0) is 9.59 Å². The molecule has 1 aliphatic heterocycles. The summed E-state index contributed by atoms with van der Waals surface area (Å²) in [7, 11) is 0. The molecule has 0 bridgehead atoms. The molecule has 152 valence electrons. The van der Waals surface area contributed by atoms with Gasteiger partial charge < -0.3 is 15.1 Å². The number of aliphatic carboxylic acids is 2. The van der Waals surface area contributed by atoms with Gasteiger partial charge in [0.25, 0.3) is 5.91 Å². The Balaban J connectivity index is 0.000000409. The fourth-order valence-electron chi connectivity index (χ4n) is 3.32. The van der Waals surface area contributed by atoms with Gasteiger partial charge in [-0.05, 0) is 43.4 Å². The minimum Gasteiger partial charge on any atom is -0.473 e. The second kappa shape index (κ2) is 10.8. The predicted octanol–water partition coefficient (Wildman–Crippen LogP) is 2.61. The van der Waals surface area contributed by atoms with Crippen LogP contribution in [0.3, 0.4) is 0 Å². The minimum atomic E-state index is -1.82. The third kappa shape index (κ3) is 6.98. The van der Waals surface area contributed by atoms with Crippen molar-refractivity contribution >= 4 is 29.4 Å². The largest absolute Gasteiger partial charge is 0.473 e. The lowest BCUT2D eigenvalue weighted by Crippen LogP contribution is -2.49. The summed E-state index contributed by atoms with van der Waals surface area (Å²) in [6.07, 6.45) is 8.34. The average Bonchev–Trinajstić information content (AvgIpc) is 2.69. The Morgan fingerprint density at radius 3 is 2.25 bits per heavy atom. The van der Waals surface area contributed by atoms with Crippen molar-refractivity contribution in [2.24, 2.45) is 5.92 Å². The molecule has 1 amide bonds. The summed E-state index contributed by atoms with van der Waals surface area (Å²) in [6.45, 7) is 4.75. The highest BCUT2D eigenvalue weighted by Gasteiger charge is 2.24. The molecule has 2 N–H and O–H groups in total. The zero-order valence-corrected chi connectivity index (χ0v) is 16.3. The molecule has 1 aliphatic carbocycles. The first-order chi connectivity index (χ1) is 13.4. The molecule has 1 fully saturated rings. The van der Waals surface area contributed by atoms with E-state index in [1.807, 2.05) is 17.0 Å². The highest BCUT2D eigenvalue weighted by molar-refractivity contribution is 6.31. The van der Waals surface area contributed by atoms with Crippen LogP contribution >= 0.6 is 11.6 Å².